The molecule has 1 atom stereocenters. The van der Waals surface area contributed by atoms with Gasteiger partial charge in [0.15, 0.2) is 9.92 Å². The van der Waals surface area contributed by atoms with Crippen molar-refractivity contribution >= 4 is 44.5 Å². The highest BCUT2D eigenvalue weighted by Crippen LogP contribution is 2.44. The van der Waals surface area contributed by atoms with E-state index in [1.165, 1.54) is 11.9 Å². The monoisotopic (exact) mass is 670 g/mol. The first-order chi connectivity index (χ1) is 22.2. The maximum absolute atomic E-state index is 13.1. The number of rotatable bonds is 11. The summed E-state index contributed by atoms with van der Waals surface area (Å²) in [5.41, 5.74) is 5.85. The molecule has 8 N–H and O–H groups in total. The second-order valence-corrected chi connectivity index (χ2v) is 14.2. The summed E-state index contributed by atoms with van der Waals surface area (Å²) in [6.45, 7) is 9.51. The lowest BCUT2D eigenvalue weighted by molar-refractivity contribution is -0.123. The van der Waals surface area contributed by atoms with Gasteiger partial charge < -0.3 is 26.6 Å². The van der Waals surface area contributed by atoms with Crippen molar-refractivity contribution in [2.75, 3.05) is 45.1 Å². The lowest BCUT2D eigenvalue weighted by atomic mass is 9.90. The van der Waals surface area contributed by atoms with Gasteiger partial charge in [0.2, 0.25) is 0 Å². The zero-order valence-electron chi connectivity index (χ0n) is 27.7. The number of aryl methyl sites for hydroxylation is 1. The van der Waals surface area contributed by atoms with Gasteiger partial charge in [-0.05, 0) is 62.1 Å². The van der Waals surface area contributed by atoms with Gasteiger partial charge in [-0.25, -0.2) is 18.9 Å². The zero-order chi connectivity index (χ0) is 34.5. The lowest BCUT2D eigenvalue weighted by Crippen LogP contribution is -2.44. The fourth-order valence-electron chi connectivity index (χ4n) is 6.11. The Labute approximate surface area is 275 Å². The van der Waals surface area contributed by atoms with E-state index in [4.69, 9.17) is 15.5 Å². The summed E-state index contributed by atoms with van der Waals surface area (Å²) in [7, 11) is -2.51. The van der Waals surface area contributed by atoms with Crippen molar-refractivity contribution in [2.24, 2.45) is 9.50 Å². The fourth-order valence-corrected chi connectivity index (χ4v) is 6.78. The number of carbonyl (C=O) groups is 4. The molecule has 0 spiro atoms. The molecular formula is C31H46N10O5S. The third kappa shape index (κ3) is 8.05. The smallest absolute Gasteiger partial charge is 0.354 e. The molecule has 1 aromatic rings. The number of urea groups is 2. The summed E-state index contributed by atoms with van der Waals surface area (Å²) in [5, 5.41) is 27.3. The molecule has 0 bridgehead atoms. The summed E-state index contributed by atoms with van der Waals surface area (Å²) in [5.74, 6) is -0.846. The van der Waals surface area contributed by atoms with Crippen LogP contribution >= 0.6 is 0 Å². The van der Waals surface area contributed by atoms with E-state index in [1.807, 2.05) is 13.8 Å². The summed E-state index contributed by atoms with van der Waals surface area (Å²) >= 11 is 0. The highest BCUT2D eigenvalue weighted by atomic mass is 32.2. The number of hydrogen-bond acceptors (Lipinski definition) is 9. The molecule has 6 amide bonds. The molecule has 3 aliphatic rings. The molecule has 0 fully saturated rings. The van der Waals surface area contributed by atoms with Gasteiger partial charge in [0.05, 0.1) is 17.9 Å². The molecule has 0 saturated heterocycles. The number of nitrogens with zero attached hydrogens (tertiary/aromatic N) is 3. The van der Waals surface area contributed by atoms with Crippen LogP contribution in [-0.2, 0) is 44.2 Å². The average Bonchev–Trinajstić information content (AvgIpc) is 3.69. The Morgan fingerprint density at radius 3 is 2.47 bits per heavy atom. The Bertz CT molecular complexity index is 1670. The predicted molar refractivity (Wildman–Crippen MR) is 180 cm³/mol. The molecule has 15 nitrogen and oxygen atoms in total. The highest BCUT2D eigenvalue weighted by molar-refractivity contribution is 8.07. The second kappa shape index (κ2) is 14.7. The quantitative estimate of drug-likeness (QED) is 0.0793. The summed E-state index contributed by atoms with van der Waals surface area (Å²) < 4.78 is 16.8. The lowest BCUT2D eigenvalue weighted by Gasteiger charge is -2.20. The summed E-state index contributed by atoms with van der Waals surface area (Å²) in [6.07, 6.45) is 5.74. The van der Waals surface area contributed by atoms with Crippen molar-refractivity contribution in [3.8, 4) is 0 Å². The van der Waals surface area contributed by atoms with Crippen molar-refractivity contribution in [3.05, 3.63) is 45.4 Å². The molecule has 2 aliphatic carbocycles. The van der Waals surface area contributed by atoms with E-state index >= 15 is 0 Å². The van der Waals surface area contributed by atoms with Crippen LogP contribution in [0, 0.1) is 5.41 Å². The Balaban J connectivity index is 1.26. The van der Waals surface area contributed by atoms with Gasteiger partial charge in [0, 0.05) is 56.0 Å². The summed E-state index contributed by atoms with van der Waals surface area (Å²) in [6, 6.07) is -1.38. The van der Waals surface area contributed by atoms with Gasteiger partial charge in [0.25, 0.3) is 11.8 Å². The number of nitrogens with one attached hydrogen (secondary N) is 6. The minimum absolute atomic E-state index is 0.0892. The first-order valence-electron chi connectivity index (χ1n) is 15.9. The van der Waals surface area contributed by atoms with E-state index in [9.17, 15) is 23.4 Å². The summed E-state index contributed by atoms with van der Waals surface area (Å²) in [4.78, 5) is 56.4. The third-order valence-corrected chi connectivity index (χ3v) is 9.88. The SMILES string of the molecule is CCC1=C(C)CN(C(=O)NCCNCCNC(=O)/C(=C/C(=N)S(N)(=O)=NC(=O)Nc2c3c(nc4c2CCC4(C)C)CCC3)NC)C1=O. The molecular weight excluding hydrogens is 624 g/mol. The molecule has 1 aliphatic heterocycles. The van der Waals surface area contributed by atoms with E-state index in [2.05, 4.69) is 44.8 Å². The van der Waals surface area contributed by atoms with E-state index in [-0.39, 0.29) is 30.1 Å². The van der Waals surface area contributed by atoms with Gasteiger partial charge in [-0.1, -0.05) is 20.8 Å². The number of nitrogens with two attached hydrogens (primary N) is 1. The Morgan fingerprint density at radius 1 is 1.11 bits per heavy atom. The second-order valence-electron chi connectivity index (χ2n) is 12.5. The van der Waals surface area contributed by atoms with Crippen molar-refractivity contribution in [3.63, 3.8) is 0 Å². The van der Waals surface area contributed by atoms with Crippen LogP contribution in [0.5, 0.6) is 0 Å². The van der Waals surface area contributed by atoms with Gasteiger partial charge in [-0.3, -0.25) is 24.9 Å². The van der Waals surface area contributed by atoms with Crippen LogP contribution in [0.4, 0.5) is 15.3 Å². The van der Waals surface area contributed by atoms with Crippen molar-refractivity contribution in [1.29, 1.82) is 5.41 Å². The first-order valence-corrected chi connectivity index (χ1v) is 17.4. The van der Waals surface area contributed by atoms with Crippen LogP contribution in [-0.4, -0.2) is 82.8 Å². The maximum Gasteiger partial charge on any atom is 0.354 e. The number of anilines is 1. The van der Waals surface area contributed by atoms with Gasteiger partial charge in [-0.15, -0.1) is 4.36 Å². The van der Waals surface area contributed by atoms with Crippen LogP contribution in [0.2, 0.25) is 0 Å². The fraction of sp³-hybridized carbons (Fsp3) is 0.548. The van der Waals surface area contributed by atoms with E-state index < -0.39 is 32.9 Å². The van der Waals surface area contributed by atoms with E-state index in [0.29, 0.717) is 37.3 Å². The molecule has 0 saturated carbocycles. The van der Waals surface area contributed by atoms with Crippen LogP contribution in [0.3, 0.4) is 0 Å². The topological polar surface area (TPSA) is 224 Å². The van der Waals surface area contributed by atoms with Crippen LogP contribution in [0.15, 0.2) is 27.3 Å². The molecule has 0 aromatic carbocycles. The van der Waals surface area contributed by atoms with Crippen LogP contribution in [0.25, 0.3) is 0 Å². The zero-order valence-corrected chi connectivity index (χ0v) is 28.5. The molecule has 16 heteroatoms. The number of hydrogen-bond donors (Lipinski definition) is 7. The maximum atomic E-state index is 13.1. The molecule has 2 heterocycles. The standard InChI is InChI=1S/C31H46N10O5S/c1-6-19-18(2)17-41(28(19)43)30(45)37-15-13-35-12-14-36-27(42)23(34-5)16-24(32)47(33,46)40-29(44)39-25-20-8-7-9-22(20)38-26-21(25)10-11-31(26,3)4/h16,32,34-35H,6-15,17H2,1-5H3,(H,36,42)(H,37,45)(H3,33,38,39,40,44,46)/b23-16-,32-24?. The number of fused-ring (bicyclic) bond motifs is 2. The number of aromatic nitrogens is 1. The highest BCUT2D eigenvalue weighted by Gasteiger charge is 2.36. The molecule has 1 unspecified atom stereocenters. The molecule has 1 aromatic heterocycles. The number of likely N-dealkylation sites (N-methyl/N-ethyl adjacent to an activating group) is 1. The normalized spacial score (nSPS) is 18.0. The molecule has 256 valence electrons. The Morgan fingerprint density at radius 2 is 1.81 bits per heavy atom. The van der Waals surface area contributed by atoms with E-state index in [0.717, 1.165) is 66.3 Å². The number of pyridine rings is 1. The van der Waals surface area contributed by atoms with Crippen molar-refractivity contribution < 1.29 is 23.4 Å². The minimum Gasteiger partial charge on any atom is -0.384 e. The minimum atomic E-state index is -3.97. The Hall–Kier alpha value is -4.15. The molecule has 47 heavy (non-hydrogen) atoms. The average molecular weight is 671 g/mol. The largest absolute Gasteiger partial charge is 0.384 e. The molecule has 4 rings (SSSR count). The van der Waals surface area contributed by atoms with Crippen LogP contribution < -0.4 is 31.7 Å². The van der Waals surface area contributed by atoms with Gasteiger partial charge in [-0.2, -0.15) is 0 Å². The van der Waals surface area contributed by atoms with Crippen molar-refractivity contribution in [1.82, 2.24) is 31.2 Å². The van der Waals surface area contributed by atoms with E-state index in [1.54, 1.807) is 0 Å². The molecule has 0 radical (unpaired) electrons. The third-order valence-electron chi connectivity index (χ3n) is 8.70. The Kier molecular flexibility index (Phi) is 11.2. The number of amides is 6. The number of imide groups is 1. The number of carbonyl (C=O) groups excluding carboxylic acids is 4. The van der Waals surface area contributed by atoms with Gasteiger partial charge in [0.1, 0.15) is 10.7 Å². The van der Waals surface area contributed by atoms with Crippen molar-refractivity contribution in [2.45, 2.75) is 71.6 Å². The first kappa shape index (κ1) is 35.7. The predicted octanol–water partition coefficient (Wildman–Crippen LogP) is 1.73. The van der Waals surface area contributed by atoms with Gasteiger partial charge >= 0.3 is 12.1 Å². The van der Waals surface area contributed by atoms with Crippen LogP contribution in [0.1, 0.15) is 69.5 Å².